The molecule has 0 aliphatic carbocycles. The number of aliphatic hydroxyl groups is 1. The Hall–Kier alpha value is -0.810. The Morgan fingerprint density at radius 3 is 2.57 bits per heavy atom. The number of rotatable bonds is 1. The van der Waals surface area contributed by atoms with E-state index < -0.39 is 6.10 Å². The summed E-state index contributed by atoms with van der Waals surface area (Å²) in [6.07, 6.45) is 2.12. The highest BCUT2D eigenvalue weighted by atomic mass is 16.3. The molecule has 0 aromatic heterocycles. The molecule has 2 nitrogen and oxygen atoms in total. The molecule has 2 heteroatoms. The topological polar surface area (TPSA) is 44.0 Å². The Labute approximate surface area is 42.7 Å². The third-order valence-corrected chi connectivity index (χ3v) is 0.507. The van der Waals surface area contributed by atoms with Crippen molar-refractivity contribution in [1.82, 2.24) is 0 Å². The average Bonchev–Trinajstić information content (AvgIpc) is 1.68. The van der Waals surface area contributed by atoms with Crippen molar-refractivity contribution in [1.29, 1.82) is 5.26 Å². The molecule has 0 saturated heterocycles. The van der Waals surface area contributed by atoms with Gasteiger partial charge in [0.05, 0.1) is 6.07 Å². The van der Waals surface area contributed by atoms with Gasteiger partial charge >= 0.3 is 0 Å². The van der Waals surface area contributed by atoms with Gasteiger partial charge < -0.3 is 5.11 Å². The Morgan fingerprint density at radius 2 is 2.43 bits per heavy atom. The number of hydrogen-bond acceptors (Lipinski definition) is 2. The van der Waals surface area contributed by atoms with E-state index in [1.807, 2.05) is 0 Å². The van der Waals surface area contributed by atoms with Gasteiger partial charge in [0.2, 0.25) is 0 Å². The summed E-state index contributed by atoms with van der Waals surface area (Å²) < 4.78 is 0. The summed E-state index contributed by atoms with van der Waals surface area (Å²) >= 11 is 0. The Morgan fingerprint density at radius 1 is 1.86 bits per heavy atom. The first-order valence-electron chi connectivity index (χ1n) is 2.01. The van der Waals surface area contributed by atoms with Crippen molar-refractivity contribution < 1.29 is 5.11 Å². The highest BCUT2D eigenvalue weighted by molar-refractivity contribution is 4.98. The smallest absolute Gasteiger partial charge is 0.159 e. The Balaban J connectivity index is 3.42. The van der Waals surface area contributed by atoms with Gasteiger partial charge in [0.25, 0.3) is 0 Å². The largest absolute Gasteiger partial charge is 0.374 e. The fourth-order valence-corrected chi connectivity index (χ4v) is 0.225. The van der Waals surface area contributed by atoms with Gasteiger partial charge in [-0.3, -0.25) is 0 Å². The average molecular weight is 97.1 g/mol. The zero-order valence-corrected chi connectivity index (χ0v) is 4.13. The van der Waals surface area contributed by atoms with E-state index in [0.29, 0.717) is 0 Å². The predicted octanol–water partition coefficient (Wildman–Crippen LogP) is 0.447. The van der Waals surface area contributed by atoms with Crippen molar-refractivity contribution in [2.75, 3.05) is 0 Å². The molecule has 0 saturated carbocycles. The Kier molecular flexibility index (Phi) is 2.99. The molecule has 1 N–H and O–H groups in total. The van der Waals surface area contributed by atoms with Crippen LogP contribution in [-0.4, -0.2) is 11.2 Å². The predicted molar refractivity (Wildman–Crippen MR) is 26.4 cm³/mol. The van der Waals surface area contributed by atoms with Gasteiger partial charge in [-0.05, 0) is 13.0 Å². The maximum Gasteiger partial charge on any atom is 0.159 e. The first-order chi connectivity index (χ1) is 3.31. The van der Waals surface area contributed by atoms with E-state index in [2.05, 4.69) is 0 Å². The summed E-state index contributed by atoms with van der Waals surface area (Å²) in [6.45, 7) is 1.75. The van der Waals surface area contributed by atoms with Crippen LogP contribution in [0, 0.1) is 11.3 Å². The number of nitrogens with zero attached hydrogens (tertiary/aromatic N) is 1. The van der Waals surface area contributed by atoms with Gasteiger partial charge in [0.1, 0.15) is 0 Å². The van der Waals surface area contributed by atoms with E-state index in [-0.39, 0.29) is 0 Å². The summed E-state index contributed by atoms with van der Waals surface area (Å²) in [7, 11) is 0. The monoisotopic (exact) mass is 97.1 g/mol. The highest BCUT2D eigenvalue weighted by Gasteiger charge is 1.87. The summed E-state index contributed by atoms with van der Waals surface area (Å²) in [5, 5.41) is 16.3. The standard InChI is InChI=1S/C5H7NO/c1-2-3-5(7)4-6/h2-3,5,7H,1H3/b3-2-/t5-/m1/s1. The van der Waals surface area contributed by atoms with E-state index in [4.69, 9.17) is 10.4 Å². The van der Waals surface area contributed by atoms with Crippen LogP contribution >= 0.6 is 0 Å². The molecule has 0 rings (SSSR count). The van der Waals surface area contributed by atoms with Gasteiger partial charge in [-0.25, -0.2) is 0 Å². The minimum atomic E-state index is -0.926. The highest BCUT2D eigenvalue weighted by Crippen LogP contribution is 1.79. The molecule has 0 aliphatic rings. The van der Waals surface area contributed by atoms with Gasteiger partial charge in [-0.2, -0.15) is 5.26 Å². The lowest BCUT2D eigenvalue weighted by atomic mass is 10.4. The molecule has 38 valence electrons. The molecule has 0 spiro atoms. The van der Waals surface area contributed by atoms with Crippen molar-refractivity contribution >= 4 is 0 Å². The second-order valence-corrected chi connectivity index (χ2v) is 1.10. The molecule has 0 unspecified atom stereocenters. The molecule has 0 fully saturated rings. The van der Waals surface area contributed by atoms with Gasteiger partial charge in [-0.1, -0.05) is 6.08 Å². The summed E-state index contributed by atoms with van der Waals surface area (Å²) in [4.78, 5) is 0. The van der Waals surface area contributed by atoms with Crippen molar-refractivity contribution in [2.45, 2.75) is 13.0 Å². The first-order valence-corrected chi connectivity index (χ1v) is 2.01. The lowest BCUT2D eigenvalue weighted by Gasteiger charge is -1.83. The summed E-state index contributed by atoms with van der Waals surface area (Å²) in [5.41, 5.74) is 0. The van der Waals surface area contributed by atoms with Crippen molar-refractivity contribution in [3.8, 4) is 6.07 Å². The van der Waals surface area contributed by atoms with Gasteiger partial charge in [0, 0.05) is 0 Å². The normalized spacial score (nSPS) is 13.9. The van der Waals surface area contributed by atoms with Crippen LogP contribution in [0.25, 0.3) is 0 Å². The third kappa shape index (κ3) is 3.01. The molecule has 0 bridgehead atoms. The van der Waals surface area contributed by atoms with E-state index >= 15 is 0 Å². The zero-order valence-electron chi connectivity index (χ0n) is 4.13. The number of hydrogen-bond donors (Lipinski definition) is 1. The molecule has 0 amide bonds. The van der Waals surface area contributed by atoms with E-state index in [0.717, 1.165) is 0 Å². The fraction of sp³-hybridized carbons (Fsp3) is 0.400. The molecule has 0 aromatic rings. The van der Waals surface area contributed by atoms with Crippen LogP contribution in [0.3, 0.4) is 0 Å². The Bertz CT molecular complexity index is 101. The zero-order chi connectivity index (χ0) is 5.70. The van der Waals surface area contributed by atoms with Gasteiger partial charge in [-0.15, -0.1) is 0 Å². The first kappa shape index (κ1) is 6.19. The lowest BCUT2D eigenvalue weighted by Crippen LogP contribution is -1.94. The minimum absolute atomic E-state index is 0.926. The number of nitriles is 1. The van der Waals surface area contributed by atoms with Crippen LogP contribution in [0.4, 0.5) is 0 Å². The lowest BCUT2D eigenvalue weighted by molar-refractivity contribution is 0.278. The van der Waals surface area contributed by atoms with Crippen molar-refractivity contribution in [2.24, 2.45) is 0 Å². The molecule has 0 radical (unpaired) electrons. The van der Waals surface area contributed by atoms with Crippen LogP contribution in [0.15, 0.2) is 12.2 Å². The van der Waals surface area contributed by atoms with E-state index in [1.165, 1.54) is 6.08 Å². The van der Waals surface area contributed by atoms with Crippen LogP contribution in [0.5, 0.6) is 0 Å². The quantitative estimate of drug-likeness (QED) is 0.381. The van der Waals surface area contributed by atoms with Crippen LogP contribution in [0.1, 0.15) is 6.92 Å². The minimum Gasteiger partial charge on any atom is -0.374 e. The number of allylic oxidation sites excluding steroid dienone is 1. The van der Waals surface area contributed by atoms with Gasteiger partial charge in [0.15, 0.2) is 6.10 Å². The molecule has 0 aromatic carbocycles. The molecular formula is C5H7NO. The molecule has 1 atom stereocenters. The van der Waals surface area contributed by atoms with Crippen molar-refractivity contribution in [3.63, 3.8) is 0 Å². The van der Waals surface area contributed by atoms with E-state index in [9.17, 15) is 0 Å². The summed E-state index contributed by atoms with van der Waals surface area (Å²) in [5.74, 6) is 0. The maximum absolute atomic E-state index is 8.41. The van der Waals surface area contributed by atoms with E-state index in [1.54, 1.807) is 19.1 Å². The maximum atomic E-state index is 8.41. The number of aliphatic hydroxyl groups excluding tert-OH is 1. The second kappa shape index (κ2) is 3.38. The van der Waals surface area contributed by atoms with Crippen LogP contribution < -0.4 is 0 Å². The van der Waals surface area contributed by atoms with Crippen molar-refractivity contribution in [3.05, 3.63) is 12.2 Å². The third-order valence-electron chi connectivity index (χ3n) is 0.507. The fourth-order valence-electron chi connectivity index (χ4n) is 0.225. The molecule has 0 aliphatic heterocycles. The summed E-state index contributed by atoms with van der Waals surface area (Å²) in [6, 6.07) is 1.63. The van der Waals surface area contributed by atoms with Crippen LogP contribution in [0.2, 0.25) is 0 Å². The molecule has 7 heavy (non-hydrogen) atoms. The molecule has 0 heterocycles. The van der Waals surface area contributed by atoms with Crippen LogP contribution in [-0.2, 0) is 0 Å². The molecular weight excluding hydrogens is 90.1 g/mol. The second-order valence-electron chi connectivity index (χ2n) is 1.10. The SMILES string of the molecule is C/C=C\[C@@H](O)C#N.